The highest BCUT2D eigenvalue weighted by molar-refractivity contribution is 5.86. The molecule has 3 heteroatoms. The van der Waals surface area contributed by atoms with Crippen LogP contribution in [0.2, 0.25) is 0 Å². The Balaban J connectivity index is 3.38. The third-order valence-corrected chi connectivity index (χ3v) is 2.71. The smallest absolute Gasteiger partial charge is 0.163 e. The molecule has 0 saturated carbocycles. The van der Waals surface area contributed by atoms with Crippen LogP contribution in [0.15, 0.2) is 0 Å². The number of carbonyl (C=O) groups is 1. The van der Waals surface area contributed by atoms with Gasteiger partial charge in [0.15, 0.2) is 5.78 Å². The lowest BCUT2D eigenvalue weighted by molar-refractivity contribution is -0.134. The summed E-state index contributed by atoms with van der Waals surface area (Å²) >= 11 is 0. The SMILES string of the molecule is CCC(C)OCCCCCC(=O)C(C)(C)O. The molecule has 0 saturated heterocycles. The van der Waals surface area contributed by atoms with E-state index in [9.17, 15) is 9.90 Å². The van der Waals surface area contributed by atoms with E-state index in [0.717, 1.165) is 32.3 Å². The van der Waals surface area contributed by atoms with Crippen molar-refractivity contribution in [2.24, 2.45) is 0 Å². The lowest BCUT2D eigenvalue weighted by atomic mass is 9.99. The summed E-state index contributed by atoms with van der Waals surface area (Å²) in [6.45, 7) is 8.03. The maximum absolute atomic E-state index is 11.4. The fourth-order valence-corrected chi connectivity index (χ4v) is 1.27. The van der Waals surface area contributed by atoms with Gasteiger partial charge >= 0.3 is 0 Å². The second kappa shape index (κ2) is 7.80. The first-order valence-electron chi connectivity index (χ1n) is 6.25. The van der Waals surface area contributed by atoms with Crippen molar-refractivity contribution in [3.63, 3.8) is 0 Å². The van der Waals surface area contributed by atoms with Gasteiger partial charge in [-0.1, -0.05) is 13.3 Å². The molecule has 0 radical (unpaired) electrons. The normalized spacial score (nSPS) is 13.8. The highest BCUT2D eigenvalue weighted by Crippen LogP contribution is 2.10. The largest absolute Gasteiger partial charge is 0.383 e. The lowest BCUT2D eigenvalue weighted by Crippen LogP contribution is -2.30. The number of ether oxygens (including phenoxy) is 1. The van der Waals surface area contributed by atoms with Crippen molar-refractivity contribution in [3.05, 3.63) is 0 Å². The van der Waals surface area contributed by atoms with Gasteiger partial charge in [-0.3, -0.25) is 4.79 Å². The number of rotatable bonds is 9. The molecule has 16 heavy (non-hydrogen) atoms. The third-order valence-electron chi connectivity index (χ3n) is 2.71. The number of unbranched alkanes of at least 4 members (excludes halogenated alkanes) is 2. The van der Waals surface area contributed by atoms with Crippen LogP contribution in [-0.4, -0.2) is 29.2 Å². The highest BCUT2D eigenvalue weighted by Gasteiger charge is 2.22. The molecule has 96 valence electrons. The van der Waals surface area contributed by atoms with Crippen LogP contribution in [0.3, 0.4) is 0 Å². The van der Waals surface area contributed by atoms with E-state index in [0.29, 0.717) is 12.5 Å². The summed E-state index contributed by atoms with van der Waals surface area (Å²) in [5.74, 6) is -0.0738. The van der Waals surface area contributed by atoms with Crippen LogP contribution in [0.5, 0.6) is 0 Å². The number of Topliss-reactive ketones (excluding diaryl/α,β-unsaturated/α-hetero) is 1. The predicted octanol–water partition coefficient (Wildman–Crippen LogP) is 2.70. The fourth-order valence-electron chi connectivity index (χ4n) is 1.27. The molecule has 0 bridgehead atoms. The van der Waals surface area contributed by atoms with E-state index < -0.39 is 5.60 Å². The maximum Gasteiger partial charge on any atom is 0.163 e. The first-order valence-corrected chi connectivity index (χ1v) is 6.25. The van der Waals surface area contributed by atoms with Crippen molar-refractivity contribution in [2.45, 2.75) is 71.5 Å². The van der Waals surface area contributed by atoms with Crippen molar-refractivity contribution in [3.8, 4) is 0 Å². The molecule has 0 aromatic heterocycles. The van der Waals surface area contributed by atoms with Gasteiger partial charge < -0.3 is 9.84 Å². The fraction of sp³-hybridized carbons (Fsp3) is 0.923. The van der Waals surface area contributed by atoms with Crippen LogP contribution < -0.4 is 0 Å². The number of hydrogen-bond acceptors (Lipinski definition) is 3. The Bertz CT molecular complexity index is 194. The summed E-state index contributed by atoms with van der Waals surface area (Å²) in [7, 11) is 0. The van der Waals surface area contributed by atoms with Gasteiger partial charge in [-0.05, 0) is 40.0 Å². The van der Waals surface area contributed by atoms with Gasteiger partial charge in [-0.2, -0.15) is 0 Å². The van der Waals surface area contributed by atoms with Gasteiger partial charge in [-0.25, -0.2) is 0 Å². The topological polar surface area (TPSA) is 46.5 Å². The molecule has 0 aromatic carbocycles. The van der Waals surface area contributed by atoms with Crippen molar-refractivity contribution < 1.29 is 14.6 Å². The lowest BCUT2D eigenvalue weighted by Gasteiger charge is -2.15. The van der Waals surface area contributed by atoms with E-state index in [1.165, 1.54) is 0 Å². The molecule has 0 spiro atoms. The van der Waals surface area contributed by atoms with E-state index >= 15 is 0 Å². The second-order valence-corrected chi connectivity index (χ2v) is 4.88. The van der Waals surface area contributed by atoms with Crippen LogP contribution in [0.1, 0.15) is 59.8 Å². The summed E-state index contributed by atoms with van der Waals surface area (Å²) in [4.78, 5) is 11.4. The first kappa shape index (κ1) is 15.6. The molecule has 0 amide bonds. The van der Waals surface area contributed by atoms with Crippen LogP contribution in [0.4, 0.5) is 0 Å². The van der Waals surface area contributed by atoms with Gasteiger partial charge in [0.25, 0.3) is 0 Å². The molecule has 0 aliphatic carbocycles. The molecule has 3 nitrogen and oxygen atoms in total. The number of carbonyl (C=O) groups excluding carboxylic acids is 1. The van der Waals surface area contributed by atoms with Crippen LogP contribution in [0.25, 0.3) is 0 Å². The van der Waals surface area contributed by atoms with E-state index in [-0.39, 0.29) is 5.78 Å². The molecule has 0 aromatic rings. The van der Waals surface area contributed by atoms with Crippen molar-refractivity contribution in [1.29, 1.82) is 0 Å². The minimum atomic E-state index is -1.17. The summed E-state index contributed by atoms with van der Waals surface area (Å²) in [5.41, 5.74) is -1.17. The van der Waals surface area contributed by atoms with Gasteiger partial charge in [0.05, 0.1) is 6.10 Å². The Morgan fingerprint density at radius 1 is 1.31 bits per heavy atom. The van der Waals surface area contributed by atoms with E-state index in [1.807, 2.05) is 0 Å². The molecule has 0 aliphatic heterocycles. The highest BCUT2D eigenvalue weighted by atomic mass is 16.5. The van der Waals surface area contributed by atoms with Crippen molar-refractivity contribution in [1.82, 2.24) is 0 Å². The van der Waals surface area contributed by atoms with Gasteiger partial charge in [0.2, 0.25) is 0 Å². The number of aliphatic hydroxyl groups is 1. The molecule has 1 unspecified atom stereocenters. The van der Waals surface area contributed by atoms with Gasteiger partial charge in [-0.15, -0.1) is 0 Å². The van der Waals surface area contributed by atoms with E-state index in [4.69, 9.17) is 4.74 Å². The van der Waals surface area contributed by atoms with Crippen LogP contribution >= 0.6 is 0 Å². The molecule has 0 aliphatic rings. The Morgan fingerprint density at radius 3 is 2.44 bits per heavy atom. The van der Waals surface area contributed by atoms with Gasteiger partial charge in [0.1, 0.15) is 5.60 Å². The standard InChI is InChI=1S/C13H26O3/c1-5-11(2)16-10-8-6-7-9-12(14)13(3,4)15/h11,15H,5-10H2,1-4H3. The number of hydrogen-bond donors (Lipinski definition) is 1. The molecule has 0 heterocycles. The van der Waals surface area contributed by atoms with Gasteiger partial charge in [0, 0.05) is 13.0 Å². The summed E-state index contributed by atoms with van der Waals surface area (Å²) in [5, 5.41) is 9.42. The molecule has 1 atom stereocenters. The molecule has 0 rings (SSSR count). The molecule has 0 fully saturated rings. The minimum Gasteiger partial charge on any atom is -0.383 e. The quantitative estimate of drug-likeness (QED) is 0.619. The van der Waals surface area contributed by atoms with E-state index in [1.54, 1.807) is 13.8 Å². The summed E-state index contributed by atoms with van der Waals surface area (Å²) in [6.07, 6.45) is 4.65. The summed E-state index contributed by atoms with van der Waals surface area (Å²) in [6, 6.07) is 0. The zero-order valence-electron chi connectivity index (χ0n) is 11.1. The second-order valence-electron chi connectivity index (χ2n) is 4.88. The minimum absolute atomic E-state index is 0.0738. The van der Waals surface area contributed by atoms with Crippen molar-refractivity contribution in [2.75, 3.05) is 6.61 Å². The van der Waals surface area contributed by atoms with Crippen molar-refractivity contribution >= 4 is 5.78 Å². The Morgan fingerprint density at radius 2 is 1.94 bits per heavy atom. The maximum atomic E-state index is 11.4. The Hall–Kier alpha value is -0.410. The average molecular weight is 230 g/mol. The van der Waals surface area contributed by atoms with Crippen LogP contribution in [-0.2, 0) is 9.53 Å². The van der Waals surface area contributed by atoms with Crippen LogP contribution in [0, 0.1) is 0 Å². The Kier molecular flexibility index (Phi) is 7.60. The number of ketones is 1. The first-order chi connectivity index (χ1) is 7.38. The van der Waals surface area contributed by atoms with E-state index in [2.05, 4.69) is 13.8 Å². The zero-order chi connectivity index (χ0) is 12.6. The zero-order valence-corrected chi connectivity index (χ0v) is 11.1. The third kappa shape index (κ3) is 7.83. The Labute approximate surface area is 99.2 Å². The molecule has 1 N–H and O–H groups in total. The predicted molar refractivity (Wildman–Crippen MR) is 65.5 cm³/mol. The molecular formula is C13H26O3. The molecular weight excluding hydrogens is 204 g/mol. The summed E-state index contributed by atoms with van der Waals surface area (Å²) < 4.78 is 5.53. The average Bonchev–Trinajstić information content (AvgIpc) is 2.20. The monoisotopic (exact) mass is 230 g/mol.